The normalized spacial score (nSPS) is 14.7. The van der Waals surface area contributed by atoms with Crippen molar-refractivity contribution in [3.63, 3.8) is 0 Å². The molecule has 24 heavy (non-hydrogen) atoms. The maximum atomic E-state index is 11.1. The Morgan fingerprint density at radius 2 is 1.00 bits per heavy atom. The second-order valence-corrected chi connectivity index (χ2v) is 9.36. The van der Waals surface area contributed by atoms with Crippen LogP contribution < -0.4 is 0 Å². The molecule has 0 saturated heterocycles. The molecular weight excluding hydrogens is 320 g/mol. The Morgan fingerprint density at radius 3 is 1.33 bits per heavy atom. The molecule has 0 fully saturated rings. The Hall–Kier alpha value is -0.0900. The maximum absolute atomic E-state index is 11.1. The quantitative estimate of drug-likeness (QED) is 0.229. The van der Waals surface area contributed by atoms with Crippen LogP contribution in [0.4, 0.5) is 0 Å². The topological polar surface area (TPSA) is 54.4 Å². The lowest BCUT2D eigenvalue weighted by atomic mass is 9.99. The summed E-state index contributed by atoms with van der Waals surface area (Å²) in [7, 11) is -3.87. The SMILES string of the molecule is CCCCCCCCCCCCCCCCC(C)C(C)S(=O)(=O)O. The van der Waals surface area contributed by atoms with Gasteiger partial charge in [-0.3, -0.25) is 4.55 Å². The van der Waals surface area contributed by atoms with E-state index in [1.807, 2.05) is 6.92 Å². The molecule has 0 aliphatic carbocycles. The molecule has 2 atom stereocenters. The first kappa shape index (κ1) is 23.9. The average molecular weight is 363 g/mol. The van der Waals surface area contributed by atoms with Crippen LogP contribution in [0.1, 0.15) is 117 Å². The molecule has 0 bridgehead atoms. The van der Waals surface area contributed by atoms with Crippen LogP contribution in [-0.2, 0) is 10.1 Å². The van der Waals surface area contributed by atoms with Gasteiger partial charge in [-0.05, 0) is 19.3 Å². The summed E-state index contributed by atoms with van der Waals surface area (Å²) in [5.41, 5.74) is 0. The summed E-state index contributed by atoms with van der Waals surface area (Å²) >= 11 is 0. The Kier molecular flexibility index (Phi) is 15.1. The van der Waals surface area contributed by atoms with E-state index in [-0.39, 0.29) is 5.92 Å². The van der Waals surface area contributed by atoms with Gasteiger partial charge in [0, 0.05) is 0 Å². The number of hydrogen-bond acceptors (Lipinski definition) is 2. The Bertz CT molecular complexity index is 365. The Balaban J connectivity index is 3.28. The van der Waals surface area contributed by atoms with Crippen LogP contribution in [0.15, 0.2) is 0 Å². The van der Waals surface area contributed by atoms with Crippen molar-refractivity contribution >= 4 is 10.1 Å². The zero-order chi connectivity index (χ0) is 18.3. The molecule has 0 radical (unpaired) electrons. The molecule has 0 heterocycles. The van der Waals surface area contributed by atoms with Crippen LogP contribution in [-0.4, -0.2) is 18.2 Å². The standard InChI is InChI=1S/C20H42O3S/c1-4-5-6-7-8-9-10-11-12-13-14-15-16-17-18-19(2)20(3)24(21,22)23/h19-20H,4-18H2,1-3H3,(H,21,22,23). The van der Waals surface area contributed by atoms with E-state index < -0.39 is 15.4 Å². The zero-order valence-electron chi connectivity index (χ0n) is 16.4. The highest BCUT2D eigenvalue weighted by Crippen LogP contribution is 2.19. The second kappa shape index (κ2) is 15.2. The molecule has 0 aromatic carbocycles. The summed E-state index contributed by atoms with van der Waals surface area (Å²) in [6.45, 7) is 5.78. The third kappa shape index (κ3) is 14.3. The van der Waals surface area contributed by atoms with E-state index in [9.17, 15) is 8.42 Å². The molecule has 2 unspecified atom stereocenters. The van der Waals surface area contributed by atoms with Crippen molar-refractivity contribution in [2.75, 3.05) is 0 Å². The predicted molar refractivity (Wildman–Crippen MR) is 105 cm³/mol. The van der Waals surface area contributed by atoms with Gasteiger partial charge in [0.15, 0.2) is 0 Å². The third-order valence-electron chi connectivity index (χ3n) is 5.28. The summed E-state index contributed by atoms with van der Waals surface area (Å²) in [5, 5.41) is -0.639. The van der Waals surface area contributed by atoms with Crippen LogP contribution in [0.3, 0.4) is 0 Å². The van der Waals surface area contributed by atoms with Crippen molar-refractivity contribution in [2.24, 2.45) is 5.92 Å². The zero-order valence-corrected chi connectivity index (χ0v) is 17.2. The highest BCUT2D eigenvalue weighted by molar-refractivity contribution is 7.86. The predicted octanol–water partition coefficient (Wildman–Crippen LogP) is 6.77. The fraction of sp³-hybridized carbons (Fsp3) is 1.00. The van der Waals surface area contributed by atoms with E-state index in [0.717, 1.165) is 12.8 Å². The number of rotatable bonds is 17. The molecule has 0 amide bonds. The van der Waals surface area contributed by atoms with Crippen molar-refractivity contribution < 1.29 is 13.0 Å². The molecule has 0 rings (SSSR count). The van der Waals surface area contributed by atoms with Gasteiger partial charge in [0.1, 0.15) is 0 Å². The molecule has 0 saturated carbocycles. The van der Waals surface area contributed by atoms with Crippen LogP contribution in [0.2, 0.25) is 0 Å². The van der Waals surface area contributed by atoms with Crippen molar-refractivity contribution in [3.05, 3.63) is 0 Å². The Labute approximate surface area is 151 Å². The van der Waals surface area contributed by atoms with Gasteiger partial charge in [-0.15, -0.1) is 0 Å². The minimum atomic E-state index is -3.87. The molecular formula is C20H42O3S. The highest BCUT2D eigenvalue weighted by Gasteiger charge is 2.23. The Morgan fingerprint density at radius 1 is 0.667 bits per heavy atom. The van der Waals surface area contributed by atoms with E-state index in [0.29, 0.717) is 0 Å². The van der Waals surface area contributed by atoms with Crippen molar-refractivity contribution in [1.82, 2.24) is 0 Å². The molecule has 0 spiro atoms. The summed E-state index contributed by atoms with van der Waals surface area (Å²) in [6, 6.07) is 0. The first-order valence-corrected chi connectivity index (χ1v) is 11.9. The van der Waals surface area contributed by atoms with E-state index >= 15 is 0 Å². The van der Waals surface area contributed by atoms with E-state index in [4.69, 9.17) is 4.55 Å². The first-order chi connectivity index (χ1) is 11.4. The largest absolute Gasteiger partial charge is 0.285 e. The minimum Gasteiger partial charge on any atom is -0.285 e. The molecule has 0 aliphatic rings. The van der Waals surface area contributed by atoms with Crippen LogP contribution in [0.25, 0.3) is 0 Å². The lowest BCUT2D eigenvalue weighted by molar-refractivity contribution is 0.417. The van der Waals surface area contributed by atoms with E-state index in [1.54, 1.807) is 6.92 Å². The van der Waals surface area contributed by atoms with Gasteiger partial charge in [-0.25, -0.2) is 0 Å². The van der Waals surface area contributed by atoms with Crippen molar-refractivity contribution in [3.8, 4) is 0 Å². The summed E-state index contributed by atoms with van der Waals surface area (Å²) in [5.74, 6) is 0.0392. The van der Waals surface area contributed by atoms with Gasteiger partial charge in [-0.1, -0.05) is 104 Å². The summed E-state index contributed by atoms with van der Waals surface area (Å²) < 4.78 is 31.2. The third-order valence-corrected chi connectivity index (χ3v) is 6.69. The molecule has 4 heteroatoms. The van der Waals surface area contributed by atoms with Gasteiger partial charge < -0.3 is 0 Å². The van der Waals surface area contributed by atoms with Crippen molar-refractivity contribution in [1.29, 1.82) is 0 Å². The molecule has 0 aliphatic heterocycles. The molecule has 0 aromatic heterocycles. The monoisotopic (exact) mass is 362 g/mol. The number of unbranched alkanes of at least 4 members (excludes halogenated alkanes) is 13. The van der Waals surface area contributed by atoms with Crippen LogP contribution >= 0.6 is 0 Å². The average Bonchev–Trinajstić information content (AvgIpc) is 2.53. The van der Waals surface area contributed by atoms with Crippen molar-refractivity contribution in [2.45, 2.75) is 122 Å². The molecule has 1 N–H and O–H groups in total. The molecule has 0 aromatic rings. The first-order valence-electron chi connectivity index (χ1n) is 10.4. The second-order valence-electron chi connectivity index (χ2n) is 7.58. The fourth-order valence-corrected chi connectivity index (χ4v) is 3.91. The van der Waals surface area contributed by atoms with Gasteiger partial charge in [0.2, 0.25) is 0 Å². The maximum Gasteiger partial charge on any atom is 0.267 e. The van der Waals surface area contributed by atoms with Gasteiger partial charge >= 0.3 is 0 Å². The lowest BCUT2D eigenvalue weighted by Gasteiger charge is -2.16. The van der Waals surface area contributed by atoms with Gasteiger partial charge in [0.05, 0.1) is 5.25 Å². The molecule has 146 valence electrons. The summed E-state index contributed by atoms with van der Waals surface area (Å²) in [4.78, 5) is 0. The highest BCUT2D eigenvalue weighted by atomic mass is 32.2. The smallest absolute Gasteiger partial charge is 0.267 e. The number of hydrogen-bond donors (Lipinski definition) is 1. The molecule has 3 nitrogen and oxygen atoms in total. The van der Waals surface area contributed by atoms with E-state index in [2.05, 4.69) is 6.92 Å². The van der Waals surface area contributed by atoms with Gasteiger partial charge in [0.25, 0.3) is 10.1 Å². The van der Waals surface area contributed by atoms with Crippen LogP contribution in [0, 0.1) is 5.92 Å². The fourth-order valence-electron chi connectivity index (χ4n) is 3.19. The summed E-state index contributed by atoms with van der Waals surface area (Å²) in [6.07, 6.45) is 19.6. The minimum absolute atomic E-state index is 0.0392. The van der Waals surface area contributed by atoms with Gasteiger partial charge in [-0.2, -0.15) is 8.42 Å². The van der Waals surface area contributed by atoms with Crippen LogP contribution in [0.5, 0.6) is 0 Å². The van der Waals surface area contributed by atoms with E-state index in [1.165, 1.54) is 83.5 Å². The lowest BCUT2D eigenvalue weighted by Crippen LogP contribution is -2.24.